The average Bonchev–Trinajstić information content (AvgIpc) is 2.87. The fraction of sp³-hybridized carbons (Fsp3) is 0.308. The molecule has 1 aromatic heterocycles. The second-order valence-corrected chi connectivity index (χ2v) is 8.47. The maximum Gasteiger partial charge on any atom is 0.338 e. The minimum Gasteiger partial charge on any atom is -0.452 e. The van der Waals surface area contributed by atoms with Crippen LogP contribution in [0.2, 0.25) is 0 Å². The van der Waals surface area contributed by atoms with Gasteiger partial charge in [-0.25, -0.2) is 9.59 Å². The maximum atomic E-state index is 13.0. The molecule has 1 amide bonds. The molecule has 35 heavy (non-hydrogen) atoms. The molecular weight excluding hydrogens is 448 g/mol. The van der Waals surface area contributed by atoms with E-state index >= 15 is 0 Å². The van der Waals surface area contributed by atoms with Gasteiger partial charge in [0, 0.05) is 6.54 Å². The second-order valence-electron chi connectivity index (χ2n) is 8.47. The van der Waals surface area contributed by atoms with Gasteiger partial charge in [-0.15, -0.1) is 0 Å². The number of fused-ring (bicyclic) bond motifs is 1. The summed E-state index contributed by atoms with van der Waals surface area (Å²) in [4.78, 5) is 53.9. The van der Waals surface area contributed by atoms with Gasteiger partial charge in [0.2, 0.25) is 0 Å². The zero-order valence-corrected chi connectivity index (χ0v) is 19.6. The number of ether oxygens (including phenoxy) is 1. The smallest absolute Gasteiger partial charge is 0.338 e. The number of aromatic amines is 1. The van der Waals surface area contributed by atoms with E-state index in [9.17, 15) is 19.2 Å². The number of aromatic nitrogens is 2. The molecule has 0 fully saturated rings. The van der Waals surface area contributed by atoms with Crippen molar-refractivity contribution in [2.45, 2.75) is 39.2 Å². The molecule has 1 aliphatic rings. The molecule has 9 heteroatoms. The zero-order valence-electron chi connectivity index (χ0n) is 19.6. The number of nitrogens with two attached hydrogens (primary N) is 1. The van der Waals surface area contributed by atoms with E-state index in [1.54, 1.807) is 13.0 Å². The van der Waals surface area contributed by atoms with Gasteiger partial charge in [0.25, 0.3) is 11.5 Å². The van der Waals surface area contributed by atoms with Crippen LogP contribution in [0.3, 0.4) is 0 Å². The Kier molecular flexibility index (Phi) is 7.14. The zero-order chi connectivity index (χ0) is 24.9. The third-order valence-electron chi connectivity index (χ3n) is 6.20. The van der Waals surface area contributed by atoms with Crippen molar-refractivity contribution < 1.29 is 14.3 Å². The topological polar surface area (TPSA) is 127 Å². The van der Waals surface area contributed by atoms with Crippen molar-refractivity contribution in [2.75, 3.05) is 23.8 Å². The number of anilines is 2. The molecule has 0 atom stereocenters. The van der Waals surface area contributed by atoms with Crippen LogP contribution in [0.15, 0.2) is 58.1 Å². The quantitative estimate of drug-likeness (QED) is 0.504. The summed E-state index contributed by atoms with van der Waals surface area (Å²) in [7, 11) is 0. The van der Waals surface area contributed by atoms with E-state index in [-0.39, 0.29) is 24.6 Å². The fourth-order valence-electron chi connectivity index (χ4n) is 4.37. The summed E-state index contributed by atoms with van der Waals surface area (Å²) in [5, 5.41) is 0. The van der Waals surface area contributed by atoms with E-state index in [0.717, 1.165) is 41.7 Å². The largest absolute Gasteiger partial charge is 0.452 e. The van der Waals surface area contributed by atoms with E-state index in [1.807, 2.05) is 42.5 Å². The van der Waals surface area contributed by atoms with Crippen LogP contribution in [0.1, 0.15) is 46.8 Å². The van der Waals surface area contributed by atoms with Gasteiger partial charge in [0.15, 0.2) is 12.3 Å². The highest BCUT2D eigenvalue weighted by Crippen LogP contribution is 2.23. The number of likely N-dealkylation sites (N-methyl/N-ethyl adjacent to an activating group) is 1. The van der Waals surface area contributed by atoms with E-state index < -0.39 is 29.7 Å². The molecule has 3 aromatic rings. The first-order valence-electron chi connectivity index (χ1n) is 11.6. The number of carbonyl (C=O) groups is 2. The molecule has 1 aliphatic carbocycles. The van der Waals surface area contributed by atoms with Crippen molar-refractivity contribution in [2.24, 2.45) is 0 Å². The molecule has 4 rings (SSSR count). The third kappa shape index (κ3) is 5.18. The van der Waals surface area contributed by atoms with Gasteiger partial charge in [0.05, 0.1) is 12.1 Å². The minimum atomic E-state index is -0.784. The van der Waals surface area contributed by atoms with E-state index in [1.165, 1.54) is 10.1 Å². The number of hydrogen-bond donors (Lipinski definition) is 2. The van der Waals surface area contributed by atoms with Crippen LogP contribution in [0.4, 0.5) is 11.5 Å². The molecule has 0 aliphatic heterocycles. The SMILES string of the molecule is CCN(C(=O)COC(=O)c1ccc2c(c1)CCCC2)c1c(N)n(Cc2ccccc2)c(=O)[nH]c1=O. The number of rotatable bonds is 7. The number of benzene rings is 2. The number of nitrogen functional groups attached to an aromatic ring is 1. The van der Waals surface area contributed by atoms with Gasteiger partial charge >= 0.3 is 11.7 Å². The highest BCUT2D eigenvalue weighted by atomic mass is 16.5. The highest BCUT2D eigenvalue weighted by Gasteiger charge is 2.24. The third-order valence-corrected chi connectivity index (χ3v) is 6.20. The number of H-pyrrole nitrogens is 1. The van der Waals surface area contributed by atoms with Crippen molar-refractivity contribution in [3.05, 3.63) is 91.6 Å². The average molecular weight is 477 g/mol. The molecule has 182 valence electrons. The lowest BCUT2D eigenvalue weighted by molar-refractivity contribution is -0.121. The molecule has 3 N–H and O–H groups in total. The Labute approximate surface area is 202 Å². The number of esters is 1. The summed E-state index contributed by atoms with van der Waals surface area (Å²) in [6.45, 7) is 1.30. The number of aryl methyl sites for hydroxylation is 2. The summed E-state index contributed by atoms with van der Waals surface area (Å²) in [6, 6.07) is 14.6. The first-order valence-corrected chi connectivity index (χ1v) is 11.6. The molecule has 9 nitrogen and oxygen atoms in total. The first kappa shape index (κ1) is 24.0. The van der Waals surface area contributed by atoms with Crippen LogP contribution in [0.25, 0.3) is 0 Å². The minimum absolute atomic E-state index is 0.0893. The van der Waals surface area contributed by atoms with Crippen molar-refractivity contribution in [1.29, 1.82) is 0 Å². The van der Waals surface area contributed by atoms with Crippen molar-refractivity contribution in [3.63, 3.8) is 0 Å². The fourth-order valence-corrected chi connectivity index (χ4v) is 4.37. The Morgan fingerprint density at radius 1 is 1.06 bits per heavy atom. The molecule has 0 unspecified atom stereocenters. The molecule has 0 radical (unpaired) electrons. The van der Waals surface area contributed by atoms with Crippen LogP contribution >= 0.6 is 0 Å². The standard InChI is InChI=1S/C26H28N4O5/c1-2-29(21(31)16-35-25(33)20-13-12-18-10-6-7-11-19(18)14-20)22-23(27)30(26(34)28-24(22)32)15-17-8-4-3-5-9-17/h3-5,8-9,12-14H,2,6-7,10-11,15-16,27H2,1H3,(H,28,32,34). The Hall–Kier alpha value is -4.14. The van der Waals surface area contributed by atoms with Crippen molar-refractivity contribution >= 4 is 23.4 Å². The summed E-state index contributed by atoms with van der Waals surface area (Å²) < 4.78 is 6.46. The van der Waals surface area contributed by atoms with Gasteiger partial charge in [0.1, 0.15) is 5.82 Å². The van der Waals surface area contributed by atoms with E-state index in [0.29, 0.717) is 5.56 Å². The number of nitrogens with one attached hydrogen (secondary N) is 1. The molecule has 0 bridgehead atoms. The summed E-state index contributed by atoms with van der Waals surface area (Å²) in [6.07, 6.45) is 4.13. The lowest BCUT2D eigenvalue weighted by Gasteiger charge is -2.23. The number of amides is 1. The summed E-state index contributed by atoms with van der Waals surface area (Å²) in [5.41, 5.74) is 8.14. The van der Waals surface area contributed by atoms with Crippen LogP contribution in [0, 0.1) is 0 Å². The summed E-state index contributed by atoms with van der Waals surface area (Å²) in [5.74, 6) is -1.38. The molecular formula is C26H28N4O5. The van der Waals surface area contributed by atoms with Gasteiger partial charge in [-0.3, -0.25) is 19.1 Å². The highest BCUT2D eigenvalue weighted by molar-refractivity contribution is 5.98. The normalized spacial score (nSPS) is 12.6. The molecule has 0 saturated heterocycles. The van der Waals surface area contributed by atoms with Gasteiger partial charge < -0.3 is 15.4 Å². The number of carbonyl (C=O) groups excluding carboxylic acids is 2. The van der Waals surface area contributed by atoms with Crippen LogP contribution in [-0.2, 0) is 28.9 Å². The Morgan fingerprint density at radius 2 is 1.77 bits per heavy atom. The number of hydrogen-bond acceptors (Lipinski definition) is 6. The van der Waals surface area contributed by atoms with Crippen LogP contribution in [-0.4, -0.2) is 34.6 Å². The van der Waals surface area contributed by atoms with E-state index in [4.69, 9.17) is 10.5 Å². The number of nitrogens with zero attached hydrogens (tertiary/aromatic N) is 2. The lowest BCUT2D eigenvalue weighted by atomic mass is 9.90. The Bertz CT molecular complexity index is 1360. The monoisotopic (exact) mass is 476 g/mol. The summed E-state index contributed by atoms with van der Waals surface area (Å²) >= 11 is 0. The second kappa shape index (κ2) is 10.4. The molecule has 1 heterocycles. The van der Waals surface area contributed by atoms with Crippen LogP contribution < -0.4 is 21.9 Å². The molecule has 2 aromatic carbocycles. The molecule has 0 spiro atoms. The Morgan fingerprint density at radius 3 is 2.49 bits per heavy atom. The van der Waals surface area contributed by atoms with Crippen molar-refractivity contribution in [3.8, 4) is 0 Å². The molecule has 0 saturated carbocycles. The predicted molar refractivity (Wildman–Crippen MR) is 133 cm³/mol. The van der Waals surface area contributed by atoms with Gasteiger partial charge in [-0.2, -0.15) is 0 Å². The van der Waals surface area contributed by atoms with Gasteiger partial charge in [-0.1, -0.05) is 36.4 Å². The van der Waals surface area contributed by atoms with Crippen molar-refractivity contribution in [1.82, 2.24) is 9.55 Å². The first-order chi connectivity index (χ1) is 16.9. The predicted octanol–water partition coefficient (Wildman–Crippen LogP) is 2.26. The van der Waals surface area contributed by atoms with Gasteiger partial charge in [-0.05, 0) is 61.4 Å². The van der Waals surface area contributed by atoms with E-state index in [2.05, 4.69) is 4.98 Å². The lowest BCUT2D eigenvalue weighted by Crippen LogP contribution is -2.42. The Balaban J connectivity index is 1.52. The van der Waals surface area contributed by atoms with Crippen LogP contribution in [0.5, 0.6) is 0 Å². The maximum absolute atomic E-state index is 13.0.